The van der Waals surface area contributed by atoms with Crippen LogP contribution in [0, 0.1) is 18.6 Å². The number of ether oxygens (including phenoxy) is 1. The lowest BCUT2D eigenvalue weighted by Gasteiger charge is -2.19. The average Bonchev–Trinajstić information content (AvgIpc) is 2.59. The molecule has 0 radical (unpaired) electrons. The minimum Gasteiger partial charge on any atom is -0.469 e. The van der Waals surface area contributed by atoms with E-state index in [2.05, 4.69) is 25.9 Å². The summed E-state index contributed by atoms with van der Waals surface area (Å²) < 4.78 is 33.5. The van der Waals surface area contributed by atoms with Gasteiger partial charge in [-0.3, -0.25) is 0 Å². The molecule has 2 rings (SSSR count). The fourth-order valence-corrected chi connectivity index (χ4v) is 2.69. The summed E-state index contributed by atoms with van der Waals surface area (Å²) in [6, 6.07) is 5.21. The SMILES string of the molecule is CCC(Oc1nc(C)c(N=CN(C)CC)cc1Br)c1cc(F)cc(F)c1. The fraction of sp³-hybridized carbons (Fsp3) is 0.368. The Morgan fingerprint density at radius 2 is 1.88 bits per heavy atom. The molecule has 1 heterocycles. The highest BCUT2D eigenvalue weighted by Gasteiger charge is 2.17. The van der Waals surface area contributed by atoms with Crippen molar-refractivity contribution in [1.82, 2.24) is 9.88 Å². The van der Waals surface area contributed by atoms with Crippen molar-refractivity contribution in [2.24, 2.45) is 4.99 Å². The van der Waals surface area contributed by atoms with Crippen LogP contribution in [-0.2, 0) is 0 Å². The summed E-state index contributed by atoms with van der Waals surface area (Å²) in [6.07, 6.45) is 1.77. The maximum Gasteiger partial charge on any atom is 0.228 e. The largest absolute Gasteiger partial charge is 0.469 e. The lowest BCUT2D eigenvalue weighted by Crippen LogP contribution is -2.14. The van der Waals surface area contributed by atoms with E-state index in [1.807, 2.05) is 38.8 Å². The number of benzene rings is 1. The average molecular weight is 426 g/mol. The molecule has 0 bridgehead atoms. The molecule has 0 aliphatic carbocycles. The molecule has 0 N–H and O–H groups in total. The van der Waals surface area contributed by atoms with Crippen LogP contribution in [0.3, 0.4) is 0 Å². The van der Waals surface area contributed by atoms with Crippen molar-refractivity contribution >= 4 is 28.0 Å². The summed E-state index contributed by atoms with van der Waals surface area (Å²) in [5.41, 5.74) is 1.85. The van der Waals surface area contributed by atoms with Gasteiger partial charge in [-0.2, -0.15) is 0 Å². The van der Waals surface area contributed by atoms with Crippen LogP contribution < -0.4 is 4.74 Å². The zero-order valence-corrected chi connectivity index (χ0v) is 16.8. The number of aliphatic imine (C=N–C) groups is 1. The van der Waals surface area contributed by atoms with Crippen LogP contribution in [0.1, 0.15) is 37.6 Å². The number of nitrogens with zero attached hydrogens (tertiary/aromatic N) is 3. The first-order valence-electron chi connectivity index (χ1n) is 8.38. The van der Waals surface area contributed by atoms with Crippen LogP contribution in [-0.4, -0.2) is 29.8 Å². The van der Waals surface area contributed by atoms with Crippen molar-refractivity contribution in [2.75, 3.05) is 13.6 Å². The lowest BCUT2D eigenvalue weighted by atomic mass is 10.1. The van der Waals surface area contributed by atoms with E-state index in [0.717, 1.165) is 18.3 Å². The van der Waals surface area contributed by atoms with Crippen LogP contribution in [0.2, 0.25) is 0 Å². The number of aromatic nitrogens is 1. The van der Waals surface area contributed by atoms with Crippen LogP contribution >= 0.6 is 15.9 Å². The third-order valence-corrected chi connectivity index (χ3v) is 4.45. The zero-order valence-electron chi connectivity index (χ0n) is 15.3. The van der Waals surface area contributed by atoms with Crippen LogP contribution in [0.15, 0.2) is 33.7 Å². The van der Waals surface area contributed by atoms with Crippen molar-refractivity contribution in [3.63, 3.8) is 0 Å². The quantitative estimate of drug-likeness (QED) is 0.429. The minimum absolute atomic E-state index is 0.363. The van der Waals surface area contributed by atoms with Gasteiger partial charge in [-0.15, -0.1) is 0 Å². The number of pyridine rings is 1. The summed E-state index contributed by atoms with van der Waals surface area (Å²) in [5, 5.41) is 0. The molecule has 0 amide bonds. The Labute approximate surface area is 161 Å². The summed E-state index contributed by atoms with van der Waals surface area (Å²) in [7, 11) is 1.93. The maximum atomic E-state index is 13.5. The molecular formula is C19H22BrF2N3O. The number of hydrogen-bond acceptors (Lipinski definition) is 3. The van der Waals surface area contributed by atoms with Crippen LogP contribution in [0.4, 0.5) is 14.5 Å². The summed E-state index contributed by atoms with van der Waals surface area (Å²) in [5.74, 6) is -0.896. The second-order valence-corrected chi connectivity index (χ2v) is 6.77. The first kappa shape index (κ1) is 20.3. The van der Waals surface area contributed by atoms with Crippen molar-refractivity contribution < 1.29 is 13.5 Å². The molecule has 1 unspecified atom stereocenters. The van der Waals surface area contributed by atoms with E-state index in [1.165, 1.54) is 12.1 Å². The third kappa shape index (κ3) is 5.24. The van der Waals surface area contributed by atoms with E-state index in [1.54, 1.807) is 6.34 Å². The molecule has 1 atom stereocenters. The van der Waals surface area contributed by atoms with Crippen LogP contribution in [0.5, 0.6) is 5.88 Å². The molecule has 7 heteroatoms. The van der Waals surface area contributed by atoms with Crippen molar-refractivity contribution in [3.8, 4) is 5.88 Å². The molecule has 0 saturated carbocycles. The highest BCUT2D eigenvalue weighted by molar-refractivity contribution is 9.10. The minimum atomic E-state index is -0.630. The molecule has 0 aliphatic heterocycles. The van der Waals surface area contributed by atoms with Gasteiger partial charge in [0.2, 0.25) is 5.88 Å². The van der Waals surface area contributed by atoms with Gasteiger partial charge in [0.1, 0.15) is 17.7 Å². The van der Waals surface area contributed by atoms with Gasteiger partial charge in [0.05, 0.1) is 22.2 Å². The Kier molecular flexibility index (Phi) is 7.08. The van der Waals surface area contributed by atoms with Crippen molar-refractivity contribution in [2.45, 2.75) is 33.3 Å². The normalized spacial score (nSPS) is 12.4. The smallest absolute Gasteiger partial charge is 0.228 e. The molecule has 0 saturated heterocycles. The van der Waals surface area contributed by atoms with Gasteiger partial charge in [0, 0.05) is 19.7 Å². The van der Waals surface area contributed by atoms with E-state index >= 15 is 0 Å². The monoisotopic (exact) mass is 425 g/mol. The molecule has 140 valence electrons. The van der Waals surface area contributed by atoms with Gasteiger partial charge in [-0.05, 0) is 60.0 Å². The Balaban J connectivity index is 2.27. The number of halogens is 3. The molecule has 4 nitrogen and oxygen atoms in total. The number of rotatable bonds is 7. The molecule has 2 aromatic rings. The summed E-state index contributed by atoms with van der Waals surface area (Å²) in [4.78, 5) is 10.8. The zero-order chi connectivity index (χ0) is 19.3. The van der Waals surface area contributed by atoms with E-state index in [-0.39, 0.29) is 0 Å². The van der Waals surface area contributed by atoms with Crippen LogP contribution in [0.25, 0.3) is 0 Å². The molecule has 26 heavy (non-hydrogen) atoms. The molecule has 1 aromatic heterocycles. The molecule has 0 aliphatic rings. The predicted octanol–water partition coefficient (Wildman–Crippen LogP) is 5.57. The Morgan fingerprint density at radius 1 is 1.23 bits per heavy atom. The van der Waals surface area contributed by atoms with Gasteiger partial charge < -0.3 is 9.64 Å². The van der Waals surface area contributed by atoms with Gasteiger partial charge >= 0.3 is 0 Å². The van der Waals surface area contributed by atoms with Crippen molar-refractivity contribution in [1.29, 1.82) is 0 Å². The molecular weight excluding hydrogens is 404 g/mol. The maximum absolute atomic E-state index is 13.5. The number of hydrogen-bond donors (Lipinski definition) is 0. The fourth-order valence-electron chi connectivity index (χ4n) is 2.29. The molecule has 1 aromatic carbocycles. The van der Waals surface area contributed by atoms with E-state index in [0.29, 0.717) is 28.0 Å². The van der Waals surface area contributed by atoms with Gasteiger partial charge in [0.15, 0.2) is 0 Å². The van der Waals surface area contributed by atoms with Gasteiger partial charge in [0.25, 0.3) is 0 Å². The first-order valence-corrected chi connectivity index (χ1v) is 9.17. The summed E-state index contributed by atoms with van der Waals surface area (Å²) in [6.45, 7) is 6.60. The highest BCUT2D eigenvalue weighted by Crippen LogP contribution is 2.33. The first-order chi connectivity index (χ1) is 12.3. The van der Waals surface area contributed by atoms with Gasteiger partial charge in [-0.25, -0.2) is 18.8 Å². The van der Waals surface area contributed by atoms with E-state index < -0.39 is 17.7 Å². The van der Waals surface area contributed by atoms with Gasteiger partial charge in [-0.1, -0.05) is 6.92 Å². The summed E-state index contributed by atoms with van der Waals surface area (Å²) >= 11 is 3.44. The Hall–Kier alpha value is -2.02. The van der Waals surface area contributed by atoms with Crippen molar-refractivity contribution in [3.05, 3.63) is 51.6 Å². The Morgan fingerprint density at radius 3 is 2.46 bits per heavy atom. The second-order valence-electron chi connectivity index (χ2n) is 5.92. The van der Waals surface area contributed by atoms with E-state index in [9.17, 15) is 8.78 Å². The topological polar surface area (TPSA) is 37.7 Å². The second kappa shape index (κ2) is 9.07. The predicted molar refractivity (Wildman–Crippen MR) is 103 cm³/mol. The molecule has 0 spiro atoms. The molecule has 0 fully saturated rings. The number of aryl methyl sites for hydroxylation is 1. The standard InChI is InChI=1S/C19H22BrF2N3O/c1-5-18(13-7-14(21)9-15(22)8-13)26-19-16(20)10-17(12(3)24-19)23-11-25(4)6-2/h7-11,18H,5-6H2,1-4H3. The third-order valence-electron chi connectivity index (χ3n) is 3.88. The van der Waals surface area contributed by atoms with E-state index in [4.69, 9.17) is 4.74 Å². The lowest BCUT2D eigenvalue weighted by molar-refractivity contribution is 0.190. The Bertz CT molecular complexity index is 778. The highest BCUT2D eigenvalue weighted by atomic mass is 79.9.